The Morgan fingerprint density at radius 2 is 2.16 bits per heavy atom. The van der Waals surface area contributed by atoms with E-state index in [1.165, 1.54) is 11.3 Å². The van der Waals surface area contributed by atoms with Crippen molar-refractivity contribution >= 4 is 23.3 Å². The van der Waals surface area contributed by atoms with Crippen molar-refractivity contribution in [3.05, 3.63) is 16.1 Å². The maximum atomic E-state index is 11.7. The largest absolute Gasteiger partial charge is 0.481 e. The summed E-state index contributed by atoms with van der Waals surface area (Å²) < 4.78 is 0. The van der Waals surface area contributed by atoms with E-state index in [0.717, 1.165) is 10.7 Å². The summed E-state index contributed by atoms with van der Waals surface area (Å²) in [6.07, 6.45) is 0.467. The van der Waals surface area contributed by atoms with E-state index in [2.05, 4.69) is 15.6 Å². The minimum Gasteiger partial charge on any atom is -0.481 e. The summed E-state index contributed by atoms with van der Waals surface area (Å²) in [6.45, 7) is 6.00. The molecule has 0 saturated heterocycles. The number of carbonyl (C=O) groups excluding carboxylic acids is 1. The fourth-order valence-electron chi connectivity index (χ4n) is 1.46. The number of thiazole rings is 1. The first-order chi connectivity index (χ1) is 8.81. The lowest BCUT2D eigenvalue weighted by atomic mass is 10.1. The fraction of sp³-hybridized carbons (Fsp3) is 0.583. The van der Waals surface area contributed by atoms with E-state index in [1.54, 1.807) is 0 Å². The molecule has 0 spiro atoms. The van der Waals surface area contributed by atoms with E-state index in [0.29, 0.717) is 13.0 Å². The van der Waals surface area contributed by atoms with Crippen LogP contribution in [-0.4, -0.2) is 28.6 Å². The average molecular weight is 285 g/mol. The van der Waals surface area contributed by atoms with Crippen molar-refractivity contribution in [2.45, 2.75) is 39.2 Å². The first-order valence-corrected chi connectivity index (χ1v) is 6.89. The van der Waals surface area contributed by atoms with Crippen LogP contribution in [0.15, 0.2) is 5.38 Å². The molecule has 0 fully saturated rings. The van der Waals surface area contributed by atoms with Crippen LogP contribution in [0.2, 0.25) is 0 Å². The van der Waals surface area contributed by atoms with Gasteiger partial charge in [0.15, 0.2) is 0 Å². The Labute approximate surface area is 116 Å². The van der Waals surface area contributed by atoms with Crippen molar-refractivity contribution in [2.24, 2.45) is 0 Å². The van der Waals surface area contributed by atoms with E-state index in [4.69, 9.17) is 5.11 Å². The second kappa shape index (κ2) is 6.51. The zero-order valence-electron chi connectivity index (χ0n) is 11.3. The standard InChI is InChI=1S/C12H19N3O3S/c1-8-7-19-10(14-8)12(2,3)15-11(18)13-6-4-5-9(16)17/h7H,4-6H2,1-3H3,(H,16,17)(H2,13,15,18). The molecule has 106 valence electrons. The second-order valence-electron chi connectivity index (χ2n) is 4.80. The molecule has 1 aromatic heterocycles. The second-order valence-corrected chi connectivity index (χ2v) is 5.66. The summed E-state index contributed by atoms with van der Waals surface area (Å²) in [5.74, 6) is -0.860. The molecule has 19 heavy (non-hydrogen) atoms. The summed E-state index contributed by atoms with van der Waals surface area (Å²) >= 11 is 1.50. The quantitative estimate of drug-likeness (QED) is 0.696. The minimum atomic E-state index is -0.860. The van der Waals surface area contributed by atoms with E-state index >= 15 is 0 Å². The third-order valence-electron chi connectivity index (χ3n) is 2.43. The highest BCUT2D eigenvalue weighted by molar-refractivity contribution is 7.09. The molecule has 0 aromatic carbocycles. The summed E-state index contributed by atoms with van der Waals surface area (Å²) in [4.78, 5) is 26.4. The van der Waals surface area contributed by atoms with Crippen LogP contribution in [0.4, 0.5) is 4.79 Å². The number of carboxylic acid groups (broad SMARTS) is 1. The number of amides is 2. The number of rotatable bonds is 6. The van der Waals surface area contributed by atoms with Gasteiger partial charge in [0.25, 0.3) is 0 Å². The monoisotopic (exact) mass is 285 g/mol. The number of hydrogen-bond donors (Lipinski definition) is 3. The number of aryl methyl sites for hydroxylation is 1. The van der Waals surface area contributed by atoms with Gasteiger partial charge in [-0.25, -0.2) is 9.78 Å². The number of aliphatic carboxylic acids is 1. The predicted octanol–water partition coefficient (Wildman–Crippen LogP) is 1.85. The van der Waals surface area contributed by atoms with Crippen LogP contribution in [-0.2, 0) is 10.3 Å². The normalized spacial score (nSPS) is 11.1. The summed E-state index contributed by atoms with van der Waals surface area (Å²) in [6, 6.07) is -0.316. The Bertz CT molecular complexity index is 457. The van der Waals surface area contributed by atoms with Crippen molar-refractivity contribution in [3.8, 4) is 0 Å². The number of carbonyl (C=O) groups is 2. The van der Waals surface area contributed by atoms with Crippen LogP contribution >= 0.6 is 11.3 Å². The SMILES string of the molecule is Cc1csc(C(C)(C)NC(=O)NCCCC(=O)O)n1. The number of carboxylic acids is 1. The molecule has 0 unspecified atom stereocenters. The molecule has 0 aliphatic heterocycles. The number of aromatic nitrogens is 1. The molecular weight excluding hydrogens is 266 g/mol. The maximum Gasteiger partial charge on any atom is 0.315 e. The van der Waals surface area contributed by atoms with E-state index in [1.807, 2.05) is 26.2 Å². The molecule has 0 bridgehead atoms. The van der Waals surface area contributed by atoms with Gasteiger partial charge in [-0.15, -0.1) is 11.3 Å². The molecule has 2 amide bonds. The van der Waals surface area contributed by atoms with E-state index in [-0.39, 0.29) is 12.5 Å². The average Bonchev–Trinajstić information content (AvgIpc) is 2.71. The van der Waals surface area contributed by atoms with Crippen molar-refractivity contribution in [3.63, 3.8) is 0 Å². The van der Waals surface area contributed by atoms with Gasteiger partial charge in [0.1, 0.15) is 5.01 Å². The highest BCUT2D eigenvalue weighted by Gasteiger charge is 2.25. The van der Waals surface area contributed by atoms with Gasteiger partial charge in [-0.05, 0) is 27.2 Å². The highest BCUT2D eigenvalue weighted by atomic mass is 32.1. The molecule has 7 heteroatoms. The zero-order chi connectivity index (χ0) is 14.5. The fourth-order valence-corrected chi connectivity index (χ4v) is 2.34. The van der Waals surface area contributed by atoms with Crippen LogP contribution in [0.25, 0.3) is 0 Å². The molecule has 0 radical (unpaired) electrons. The van der Waals surface area contributed by atoms with Gasteiger partial charge in [0, 0.05) is 24.0 Å². The van der Waals surface area contributed by atoms with Crippen molar-refractivity contribution in [1.82, 2.24) is 15.6 Å². The van der Waals surface area contributed by atoms with Crippen molar-refractivity contribution in [1.29, 1.82) is 0 Å². The van der Waals surface area contributed by atoms with Crippen LogP contribution in [0.1, 0.15) is 37.4 Å². The van der Waals surface area contributed by atoms with Crippen LogP contribution in [0.5, 0.6) is 0 Å². The molecule has 6 nitrogen and oxygen atoms in total. The molecule has 0 atom stereocenters. The Kier molecular flexibility index (Phi) is 5.29. The summed E-state index contributed by atoms with van der Waals surface area (Å²) in [5.41, 5.74) is 0.382. The van der Waals surface area contributed by atoms with Gasteiger partial charge in [-0.2, -0.15) is 0 Å². The summed E-state index contributed by atoms with van der Waals surface area (Å²) in [7, 11) is 0. The Balaban J connectivity index is 2.40. The van der Waals surface area contributed by atoms with Gasteiger partial charge < -0.3 is 15.7 Å². The molecule has 1 aromatic rings. The molecular formula is C12H19N3O3S. The zero-order valence-corrected chi connectivity index (χ0v) is 12.1. The maximum absolute atomic E-state index is 11.7. The Hall–Kier alpha value is -1.63. The molecule has 0 aliphatic rings. The van der Waals surface area contributed by atoms with Gasteiger partial charge in [-0.3, -0.25) is 4.79 Å². The summed E-state index contributed by atoms with van der Waals surface area (Å²) in [5, 5.41) is 16.7. The molecule has 1 heterocycles. The number of nitrogens with zero attached hydrogens (tertiary/aromatic N) is 1. The van der Waals surface area contributed by atoms with Gasteiger partial charge in [0.05, 0.1) is 5.54 Å². The Morgan fingerprint density at radius 1 is 1.47 bits per heavy atom. The third-order valence-corrected chi connectivity index (χ3v) is 3.72. The molecule has 1 rings (SSSR count). The molecule has 0 saturated carbocycles. The first-order valence-electron chi connectivity index (χ1n) is 6.01. The van der Waals surface area contributed by atoms with Gasteiger partial charge in [0.2, 0.25) is 0 Å². The highest BCUT2D eigenvalue weighted by Crippen LogP contribution is 2.23. The number of nitrogens with one attached hydrogen (secondary N) is 2. The van der Waals surface area contributed by atoms with Gasteiger partial charge in [-0.1, -0.05) is 0 Å². The third kappa shape index (κ3) is 5.25. The van der Waals surface area contributed by atoms with Crippen molar-refractivity contribution < 1.29 is 14.7 Å². The topological polar surface area (TPSA) is 91.3 Å². The van der Waals surface area contributed by atoms with Gasteiger partial charge >= 0.3 is 12.0 Å². The number of urea groups is 1. The molecule has 3 N–H and O–H groups in total. The lowest BCUT2D eigenvalue weighted by Gasteiger charge is -2.24. The van der Waals surface area contributed by atoms with E-state index < -0.39 is 11.5 Å². The predicted molar refractivity (Wildman–Crippen MR) is 73.3 cm³/mol. The van der Waals surface area contributed by atoms with Crippen LogP contribution < -0.4 is 10.6 Å². The van der Waals surface area contributed by atoms with Crippen molar-refractivity contribution in [2.75, 3.05) is 6.54 Å². The molecule has 0 aliphatic carbocycles. The van der Waals surface area contributed by atoms with E-state index in [9.17, 15) is 9.59 Å². The van der Waals surface area contributed by atoms with Crippen LogP contribution in [0, 0.1) is 6.92 Å². The lowest BCUT2D eigenvalue weighted by molar-refractivity contribution is -0.137. The smallest absolute Gasteiger partial charge is 0.315 e. The number of hydrogen-bond acceptors (Lipinski definition) is 4. The lowest BCUT2D eigenvalue weighted by Crippen LogP contribution is -2.46. The van der Waals surface area contributed by atoms with Crippen LogP contribution in [0.3, 0.4) is 0 Å². The first kappa shape index (κ1) is 15.4. The minimum absolute atomic E-state index is 0.0509. The Morgan fingerprint density at radius 3 is 2.68 bits per heavy atom.